The number of carbonyl (C=O) groups excluding carboxylic acids is 1. The van der Waals surface area contributed by atoms with Crippen molar-refractivity contribution in [2.24, 2.45) is 5.92 Å². The average molecular weight is 347 g/mol. The Morgan fingerprint density at radius 3 is 2.62 bits per heavy atom. The number of amides is 1. The number of hydrogen-bond donors (Lipinski definition) is 1. The second-order valence-electron chi connectivity index (χ2n) is 5.97. The van der Waals surface area contributed by atoms with E-state index >= 15 is 0 Å². The maximum Gasteiger partial charge on any atom is 0.251 e. The van der Waals surface area contributed by atoms with Crippen molar-refractivity contribution in [3.8, 4) is 11.5 Å². The zero-order valence-corrected chi connectivity index (χ0v) is 15.5. The first-order valence-electron chi connectivity index (χ1n) is 8.20. The third-order valence-corrected chi connectivity index (χ3v) is 4.61. The van der Waals surface area contributed by atoms with Gasteiger partial charge in [-0.05, 0) is 48.9 Å². The molecule has 1 amide bonds. The molecule has 0 aliphatic rings. The molecule has 24 heavy (non-hydrogen) atoms. The predicted molar refractivity (Wildman–Crippen MR) is 98.1 cm³/mol. The Morgan fingerprint density at radius 1 is 1.25 bits per heavy atom. The van der Waals surface area contributed by atoms with Crippen LogP contribution in [0.5, 0.6) is 11.5 Å². The first kappa shape index (κ1) is 18.3. The van der Waals surface area contributed by atoms with Crippen molar-refractivity contribution in [2.45, 2.75) is 33.2 Å². The number of rotatable bonds is 8. The van der Waals surface area contributed by atoms with E-state index in [1.165, 1.54) is 4.88 Å². The number of methoxy groups -OCH3 is 1. The monoisotopic (exact) mass is 347 g/mol. The standard InChI is InChI=1S/C19H25NO3S/c1-5-23-17-12-14(8-9-16(17)22-4)19(21)20-15(11-13(2)3)18-7-6-10-24-18/h6-10,12-13,15H,5,11H2,1-4H3,(H,20,21)/t15-/m1/s1. The molecule has 1 heterocycles. The molecule has 0 saturated heterocycles. The van der Waals surface area contributed by atoms with E-state index in [0.717, 1.165) is 6.42 Å². The molecule has 2 rings (SSSR count). The molecule has 0 bridgehead atoms. The van der Waals surface area contributed by atoms with Crippen LogP contribution in [-0.2, 0) is 0 Å². The van der Waals surface area contributed by atoms with Gasteiger partial charge in [0.2, 0.25) is 0 Å². The Morgan fingerprint density at radius 2 is 2.04 bits per heavy atom. The molecule has 0 aliphatic heterocycles. The van der Waals surface area contributed by atoms with Crippen LogP contribution < -0.4 is 14.8 Å². The highest BCUT2D eigenvalue weighted by Gasteiger charge is 2.19. The predicted octanol–water partition coefficient (Wildman–Crippen LogP) is 4.67. The highest BCUT2D eigenvalue weighted by Crippen LogP contribution is 2.29. The van der Waals surface area contributed by atoms with E-state index < -0.39 is 0 Å². The normalized spacial score (nSPS) is 12.0. The van der Waals surface area contributed by atoms with Gasteiger partial charge >= 0.3 is 0 Å². The Bertz CT molecular complexity index is 653. The summed E-state index contributed by atoms with van der Waals surface area (Å²) in [5.41, 5.74) is 0.574. The average Bonchev–Trinajstić information content (AvgIpc) is 3.08. The lowest BCUT2D eigenvalue weighted by Gasteiger charge is -2.20. The van der Waals surface area contributed by atoms with Crippen LogP contribution in [0.3, 0.4) is 0 Å². The third kappa shape index (κ3) is 4.74. The molecule has 1 N–H and O–H groups in total. The summed E-state index contributed by atoms with van der Waals surface area (Å²) < 4.78 is 10.8. The van der Waals surface area contributed by atoms with Crippen molar-refractivity contribution < 1.29 is 14.3 Å². The molecule has 130 valence electrons. The fourth-order valence-electron chi connectivity index (χ4n) is 2.53. The minimum atomic E-state index is -0.0994. The minimum Gasteiger partial charge on any atom is -0.493 e. The first-order chi connectivity index (χ1) is 11.5. The molecule has 1 atom stereocenters. The van der Waals surface area contributed by atoms with E-state index in [4.69, 9.17) is 9.47 Å². The molecule has 2 aromatic rings. The summed E-state index contributed by atoms with van der Waals surface area (Å²) >= 11 is 1.67. The zero-order chi connectivity index (χ0) is 17.5. The van der Waals surface area contributed by atoms with Crippen LogP contribution in [0.4, 0.5) is 0 Å². The van der Waals surface area contributed by atoms with Gasteiger partial charge in [-0.2, -0.15) is 0 Å². The first-order valence-corrected chi connectivity index (χ1v) is 9.08. The summed E-state index contributed by atoms with van der Waals surface area (Å²) in [6, 6.07) is 9.37. The van der Waals surface area contributed by atoms with E-state index in [0.29, 0.717) is 29.6 Å². The summed E-state index contributed by atoms with van der Waals surface area (Å²) in [5, 5.41) is 5.19. The molecule has 0 saturated carbocycles. The second-order valence-corrected chi connectivity index (χ2v) is 6.95. The van der Waals surface area contributed by atoms with Crippen molar-refractivity contribution in [1.29, 1.82) is 0 Å². The lowest BCUT2D eigenvalue weighted by molar-refractivity contribution is 0.0932. The molecule has 1 aromatic heterocycles. The van der Waals surface area contributed by atoms with Gasteiger partial charge < -0.3 is 14.8 Å². The van der Waals surface area contributed by atoms with Crippen LogP contribution in [0.1, 0.15) is 48.5 Å². The molecule has 0 aliphatic carbocycles. The minimum absolute atomic E-state index is 0.0233. The van der Waals surface area contributed by atoms with E-state index in [1.54, 1.807) is 36.6 Å². The second kappa shape index (κ2) is 8.73. The number of ether oxygens (including phenoxy) is 2. The number of nitrogens with one attached hydrogen (secondary N) is 1. The maximum atomic E-state index is 12.7. The van der Waals surface area contributed by atoms with Crippen LogP contribution in [0.15, 0.2) is 35.7 Å². The van der Waals surface area contributed by atoms with Gasteiger partial charge in [-0.25, -0.2) is 0 Å². The molecule has 0 fully saturated rings. The molecule has 0 unspecified atom stereocenters. The van der Waals surface area contributed by atoms with Crippen molar-refractivity contribution in [2.75, 3.05) is 13.7 Å². The van der Waals surface area contributed by atoms with E-state index in [1.807, 2.05) is 18.4 Å². The maximum absolute atomic E-state index is 12.7. The van der Waals surface area contributed by atoms with E-state index in [-0.39, 0.29) is 11.9 Å². The van der Waals surface area contributed by atoms with Crippen molar-refractivity contribution >= 4 is 17.2 Å². The zero-order valence-electron chi connectivity index (χ0n) is 14.7. The van der Waals surface area contributed by atoms with E-state index in [2.05, 4.69) is 25.2 Å². The van der Waals surface area contributed by atoms with Crippen LogP contribution in [0.25, 0.3) is 0 Å². The van der Waals surface area contributed by atoms with Crippen LogP contribution in [0, 0.1) is 5.92 Å². The SMILES string of the molecule is CCOc1cc(C(=O)N[C@H](CC(C)C)c2cccs2)ccc1OC. The molecule has 0 spiro atoms. The highest BCUT2D eigenvalue weighted by molar-refractivity contribution is 7.10. The Hall–Kier alpha value is -2.01. The quantitative estimate of drug-likeness (QED) is 0.755. The molecule has 5 heteroatoms. The van der Waals surface area contributed by atoms with Gasteiger partial charge in [0.1, 0.15) is 0 Å². The fourth-order valence-corrected chi connectivity index (χ4v) is 3.33. The van der Waals surface area contributed by atoms with Gasteiger partial charge in [0.15, 0.2) is 11.5 Å². The molecular weight excluding hydrogens is 322 g/mol. The summed E-state index contributed by atoms with van der Waals surface area (Å²) in [6.07, 6.45) is 0.903. The van der Waals surface area contributed by atoms with Crippen molar-refractivity contribution in [3.05, 3.63) is 46.2 Å². The van der Waals surface area contributed by atoms with Crippen LogP contribution in [-0.4, -0.2) is 19.6 Å². The van der Waals surface area contributed by atoms with Gasteiger partial charge in [-0.1, -0.05) is 19.9 Å². The summed E-state index contributed by atoms with van der Waals surface area (Å²) in [7, 11) is 1.59. The lowest BCUT2D eigenvalue weighted by atomic mass is 10.0. The van der Waals surface area contributed by atoms with E-state index in [9.17, 15) is 4.79 Å². The van der Waals surface area contributed by atoms with Gasteiger partial charge in [-0.15, -0.1) is 11.3 Å². The molecular formula is C19H25NO3S. The molecule has 4 nitrogen and oxygen atoms in total. The summed E-state index contributed by atoms with van der Waals surface area (Å²) in [4.78, 5) is 13.9. The van der Waals surface area contributed by atoms with Gasteiger partial charge in [0.05, 0.1) is 19.8 Å². The van der Waals surface area contributed by atoms with Crippen LogP contribution >= 0.6 is 11.3 Å². The van der Waals surface area contributed by atoms with Crippen molar-refractivity contribution in [3.63, 3.8) is 0 Å². The van der Waals surface area contributed by atoms with Crippen LogP contribution in [0.2, 0.25) is 0 Å². The lowest BCUT2D eigenvalue weighted by Crippen LogP contribution is -2.29. The molecule has 1 aromatic carbocycles. The number of hydrogen-bond acceptors (Lipinski definition) is 4. The van der Waals surface area contributed by atoms with Gasteiger partial charge in [0.25, 0.3) is 5.91 Å². The largest absolute Gasteiger partial charge is 0.493 e. The fraction of sp³-hybridized carbons (Fsp3) is 0.421. The number of thiophene rings is 1. The van der Waals surface area contributed by atoms with Gasteiger partial charge in [0, 0.05) is 10.4 Å². The highest BCUT2D eigenvalue weighted by atomic mass is 32.1. The summed E-state index contributed by atoms with van der Waals surface area (Å²) in [6.45, 7) is 6.74. The summed E-state index contributed by atoms with van der Waals surface area (Å²) in [5.74, 6) is 1.61. The third-order valence-electron chi connectivity index (χ3n) is 3.62. The Labute approximate surface area is 147 Å². The number of carbonyl (C=O) groups is 1. The molecule has 0 radical (unpaired) electrons. The number of benzene rings is 1. The Balaban J connectivity index is 2.19. The van der Waals surface area contributed by atoms with Gasteiger partial charge in [-0.3, -0.25) is 4.79 Å². The van der Waals surface area contributed by atoms with Crippen molar-refractivity contribution in [1.82, 2.24) is 5.32 Å². The topological polar surface area (TPSA) is 47.6 Å². The Kier molecular flexibility index (Phi) is 6.67. The smallest absolute Gasteiger partial charge is 0.251 e.